The van der Waals surface area contributed by atoms with E-state index in [0.717, 1.165) is 37.6 Å². The monoisotopic (exact) mass is 288 g/mol. The lowest BCUT2D eigenvalue weighted by Gasteiger charge is -2.21. The average molecular weight is 288 g/mol. The fourth-order valence-electron chi connectivity index (χ4n) is 2.10. The van der Waals surface area contributed by atoms with Crippen molar-refractivity contribution in [1.29, 1.82) is 0 Å². The fourth-order valence-corrected chi connectivity index (χ4v) is 2.10. The second-order valence-corrected chi connectivity index (χ2v) is 4.86. The summed E-state index contributed by atoms with van der Waals surface area (Å²) < 4.78 is 12.9. The van der Waals surface area contributed by atoms with E-state index in [4.69, 9.17) is 0 Å². The number of halogens is 1. The van der Waals surface area contributed by atoms with Crippen molar-refractivity contribution in [3.05, 3.63) is 42.3 Å². The number of nitrogens with zero attached hydrogens (tertiary/aromatic N) is 3. The molecule has 0 radical (unpaired) electrons. The van der Waals surface area contributed by atoms with Gasteiger partial charge in [-0.3, -0.25) is 0 Å². The average Bonchev–Trinajstić information content (AvgIpc) is 2.50. The van der Waals surface area contributed by atoms with Crippen molar-refractivity contribution in [1.82, 2.24) is 9.97 Å². The largest absolute Gasteiger partial charge is 0.341 e. The van der Waals surface area contributed by atoms with Gasteiger partial charge in [0.2, 0.25) is 5.95 Å². The Hall–Kier alpha value is -2.17. The smallest absolute Gasteiger partial charge is 0.227 e. The zero-order chi connectivity index (χ0) is 15.1. The summed E-state index contributed by atoms with van der Waals surface area (Å²) in [6.45, 7) is 6.16. The molecule has 112 valence electrons. The highest BCUT2D eigenvalue weighted by molar-refractivity contribution is 5.56. The summed E-state index contributed by atoms with van der Waals surface area (Å²) in [7, 11) is 0. The molecule has 0 amide bonds. The molecule has 0 fully saturated rings. The van der Waals surface area contributed by atoms with Crippen LogP contribution in [0.2, 0.25) is 0 Å². The van der Waals surface area contributed by atoms with Gasteiger partial charge in [0.1, 0.15) is 11.6 Å². The Bertz CT molecular complexity index is 550. The lowest BCUT2D eigenvalue weighted by molar-refractivity contribution is 0.628. The zero-order valence-electron chi connectivity index (χ0n) is 12.5. The minimum atomic E-state index is -0.249. The van der Waals surface area contributed by atoms with Crippen molar-refractivity contribution in [2.75, 3.05) is 23.3 Å². The molecule has 1 N–H and O–H groups in total. The predicted molar refractivity (Wildman–Crippen MR) is 84.5 cm³/mol. The Kier molecular flexibility index (Phi) is 5.49. The van der Waals surface area contributed by atoms with E-state index in [0.29, 0.717) is 5.82 Å². The molecule has 5 heteroatoms. The topological polar surface area (TPSA) is 41.1 Å². The van der Waals surface area contributed by atoms with Crippen LogP contribution in [0.15, 0.2) is 36.5 Å². The highest BCUT2D eigenvalue weighted by Gasteiger charge is 2.08. The summed E-state index contributed by atoms with van der Waals surface area (Å²) in [5.74, 6) is 1.19. The van der Waals surface area contributed by atoms with Gasteiger partial charge >= 0.3 is 0 Å². The van der Waals surface area contributed by atoms with Crippen molar-refractivity contribution in [3.63, 3.8) is 0 Å². The molecule has 0 atom stereocenters. The summed E-state index contributed by atoms with van der Waals surface area (Å²) in [5, 5.41) is 3.17. The fraction of sp³-hybridized carbons (Fsp3) is 0.375. The quantitative estimate of drug-likeness (QED) is 0.836. The van der Waals surface area contributed by atoms with Gasteiger partial charge in [-0.15, -0.1) is 0 Å². The van der Waals surface area contributed by atoms with Gasteiger partial charge < -0.3 is 10.2 Å². The van der Waals surface area contributed by atoms with Crippen LogP contribution in [0, 0.1) is 5.82 Å². The number of nitrogens with one attached hydrogen (secondary N) is 1. The molecule has 0 aliphatic rings. The van der Waals surface area contributed by atoms with E-state index in [1.165, 1.54) is 12.1 Å². The molecule has 0 saturated heterocycles. The number of aromatic nitrogens is 2. The van der Waals surface area contributed by atoms with Gasteiger partial charge in [0.15, 0.2) is 0 Å². The molecule has 1 heterocycles. The van der Waals surface area contributed by atoms with Crippen molar-refractivity contribution in [2.24, 2.45) is 0 Å². The Balaban J connectivity index is 2.14. The highest BCUT2D eigenvalue weighted by Crippen LogP contribution is 2.17. The molecule has 1 aromatic heterocycles. The highest BCUT2D eigenvalue weighted by atomic mass is 19.1. The van der Waals surface area contributed by atoms with Gasteiger partial charge in [-0.05, 0) is 43.2 Å². The maximum atomic E-state index is 12.9. The van der Waals surface area contributed by atoms with Gasteiger partial charge in [0, 0.05) is 25.0 Å². The van der Waals surface area contributed by atoms with Crippen LogP contribution in [0.5, 0.6) is 0 Å². The molecule has 2 aromatic rings. The van der Waals surface area contributed by atoms with Gasteiger partial charge in [0.05, 0.1) is 0 Å². The molecule has 0 saturated carbocycles. The summed E-state index contributed by atoms with van der Waals surface area (Å²) >= 11 is 0. The first-order valence-corrected chi connectivity index (χ1v) is 7.33. The first kappa shape index (κ1) is 15.2. The van der Waals surface area contributed by atoms with Crippen molar-refractivity contribution >= 4 is 17.5 Å². The van der Waals surface area contributed by atoms with Gasteiger partial charge in [0.25, 0.3) is 0 Å². The van der Waals surface area contributed by atoms with Gasteiger partial charge in [-0.25, -0.2) is 9.37 Å². The molecule has 0 aliphatic heterocycles. The third-order valence-electron chi connectivity index (χ3n) is 3.03. The van der Waals surface area contributed by atoms with E-state index in [2.05, 4.69) is 34.0 Å². The molecule has 2 rings (SSSR count). The Labute approximate surface area is 125 Å². The predicted octanol–water partition coefficient (Wildman–Crippen LogP) is 3.99. The minimum absolute atomic E-state index is 0.249. The van der Waals surface area contributed by atoms with E-state index in [1.807, 2.05) is 6.07 Å². The SMILES string of the molecule is CCCN(CCC)c1nccc(Nc2ccc(F)cc2)n1. The van der Waals surface area contributed by atoms with Crippen LogP contribution < -0.4 is 10.2 Å². The summed E-state index contributed by atoms with van der Waals surface area (Å²) in [6, 6.07) is 8.03. The van der Waals surface area contributed by atoms with E-state index >= 15 is 0 Å². The third-order valence-corrected chi connectivity index (χ3v) is 3.03. The van der Waals surface area contributed by atoms with E-state index < -0.39 is 0 Å². The van der Waals surface area contributed by atoms with Crippen molar-refractivity contribution < 1.29 is 4.39 Å². The summed E-state index contributed by atoms with van der Waals surface area (Å²) in [5.41, 5.74) is 0.804. The van der Waals surface area contributed by atoms with E-state index in [-0.39, 0.29) is 5.82 Å². The first-order valence-electron chi connectivity index (χ1n) is 7.33. The third kappa shape index (κ3) is 4.41. The van der Waals surface area contributed by atoms with E-state index in [9.17, 15) is 4.39 Å². The molecule has 0 spiro atoms. The van der Waals surface area contributed by atoms with Gasteiger partial charge in [-0.2, -0.15) is 4.98 Å². The number of hydrogen-bond acceptors (Lipinski definition) is 4. The number of hydrogen-bond donors (Lipinski definition) is 1. The molecule has 0 aliphatic carbocycles. The second kappa shape index (κ2) is 7.57. The number of anilines is 3. The number of benzene rings is 1. The zero-order valence-corrected chi connectivity index (χ0v) is 12.5. The van der Waals surface area contributed by atoms with Crippen molar-refractivity contribution in [2.45, 2.75) is 26.7 Å². The second-order valence-electron chi connectivity index (χ2n) is 4.86. The standard InChI is InChI=1S/C16H21FN4/c1-3-11-21(12-4-2)16-18-10-9-15(20-16)19-14-7-5-13(17)6-8-14/h5-10H,3-4,11-12H2,1-2H3,(H,18,19,20). The van der Waals surface area contributed by atoms with Crippen LogP contribution in [-0.4, -0.2) is 23.1 Å². The lowest BCUT2D eigenvalue weighted by Crippen LogP contribution is -2.26. The van der Waals surface area contributed by atoms with E-state index in [1.54, 1.807) is 18.3 Å². The maximum Gasteiger partial charge on any atom is 0.227 e. The Morgan fingerprint density at radius 3 is 2.33 bits per heavy atom. The van der Waals surface area contributed by atoms with Crippen LogP contribution >= 0.6 is 0 Å². The first-order chi connectivity index (χ1) is 10.2. The number of rotatable bonds is 7. The molecule has 21 heavy (non-hydrogen) atoms. The van der Waals surface area contributed by atoms with Crippen LogP contribution in [0.3, 0.4) is 0 Å². The van der Waals surface area contributed by atoms with Gasteiger partial charge in [-0.1, -0.05) is 13.8 Å². The molecule has 0 unspecified atom stereocenters. The molecule has 0 bridgehead atoms. The molecule has 1 aromatic carbocycles. The Morgan fingerprint density at radius 1 is 1.05 bits per heavy atom. The Morgan fingerprint density at radius 2 is 1.71 bits per heavy atom. The van der Waals surface area contributed by atoms with Crippen molar-refractivity contribution in [3.8, 4) is 0 Å². The molecule has 4 nitrogen and oxygen atoms in total. The summed E-state index contributed by atoms with van der Waals surface area (Å²) in [6.07, 6.45) is 3.85. The lowest BCUT2D eigenvalue weighted by atomic mass is 10.3. The normalized spacial score (nSPS) is 10.4. The van der Waals surface area contributed by atoms with Crippen LogP contribution in [0.1, 0.15) is 26.7 Å². The minimum Gasteiger partial charge on any atom is -0.341 e. The molecular weight excluding hydrogens is 267 g/mol. The molecular formula is C16H21FN4. The summed E-state index contributed by atoms with van der Waals surface area (Å²) in [4.78, 5) is 11.1. The van der Waals surface area contributed by atoms with Crippen LogP contribution in [-0.2, 0) is 0 Å². The van der Waals surface area contributed by atoms with Crippen LogP contribution in [0.25, 0.3) is 0 Å². The van der Waals surface area contributed by atoms with Crippen LogP contribution in [0.4, 0.5) is 21.8 Å². The maximum absolute atomic E-state index is 12.9.